The van der Waals surface area contributed by atoms with Crippen LogP contribution in [-0.4, -0.2) is 57.3 Å². The van der Waals surface area contributed by atoms with Crippen molar-refractivity contribution >= 4 is 120 Å². The average molecular weight is 1640 g/mol. The van der Waals surface area contributed by atoms with E-state index in [0.717, 1.165) is 149 Å². The van der Waals surface area contributed by atoms with E-state index in [1.807, 2.05) is 218 Å². The molecule has 10 nitrogen and oxygen atoms in total. The molecule has 606 valence electrons. The van der Waals surface area contributed by atoms with Crippen LogP contribution in [0, 0.1) is 0 Å². The van der Waals surface area contributed by atoms with Crippen LogP contribution in [0.2, 0.25) is 0 Å². The summed E-state index contributed by atoms with van der Waals surface area (Å²) < 4.78 is 11.1. The average Bonchev–Trinajstić information content (AvgIpc) is 0.747. The molecule has 0 spiro atoms. The SMILES string of the molecule is CCCOc1ccc(-c2c3ccccc3c(C(=O)c3ccccc3O)c3ccccc23)cc1.COc1ccc(-c2c3ccccc3c(C(=O)c3ccccc3O)c3ccccc23)cc1.O=C(c1ccccc1O)c1c2ccccc2c(-c2ccc3ccccc3c2)c2ccccc12.O=C(c1ccccc1O)c1c2ccccc2c(-c2ccccc2)c2ccccc12. The lowest BCUT2D eigenvalue weighted by molar-refractivity contribution is 0.103. The molecule has 21 rings (SSSR count). The molecule has 0 heterocycles. The van der Waals surface area contributed by atoms with Gasteiger partial charge < -0.3 is 29.9 Å². The minimum Gasteiger partial charge on any atom is -0.507 e. The number of aromatic hydroxyl groups is 4. The lowest BCUT2D eigenvalue weighted by Gasteiger charge is -2.17. The number of ether oxygens (including phenoxy) is 2. The zero-order valence-corrected chi connectivity index (χ0v) is 68.9. The molecule has 0 fully saturated rings. The number of rotatable bonds is 16. The van der Waals surface area contributed by atoms with Crippen LogP contribution in [0.4, 0.5) is 0 Å². The highest BCUT2D eigenvalue weighted by molar-refractivity contribution is 6.33. The zero-order valence-electron chi connectivity index (χ0n) is 68.9. The molecular formula is C116H82O10. The molecule has 0 saturated carbocycles. The molecule has 0 radical (unpaired) electrons. The van der Waals surface area contributed by atoms with Crippen LogP contribution in [0.1, 0.15) is 77.0 Å². The molecule has 0 aliphatic heterocycles. The molecule has 0 aromatic heterocycles. The van der Waals surface area contributed by atoms with E-state index >= 15 is 0 Å². The summed E-state index contributed by atoms with van der Waals surface area (Å²) >= 11 is 0. The van der Waals surface area contributed by atoms with E-state index in [4.69, 9.17) is 9.47 Å². The first-order valence-corrected chi connectivity index (χ1v) is 41.8. The minimum atomic E-state index is -0.188. The Labute approximate surface area is 727 Å². The molecule has 10 heteroatoms. The fourth-order valence-electron chi connectivity index (χ4n) is 17.6. The highest BCUT2D eigenvalue weighted by atomic mass is 16.5. The van der Waals surface area contributed by atoms with Crippen molar-refractivity contribution in [2.75, 3.05) is 13.7 Å². The third-order valence-corrected chi connectivity index (χ3v) is 23.3. The lowest BCUT2D eigenvalue weighted by atomic mass is 9.85. The quantitative estimate of drug-likeness (QED) is 0.0540. The number of carbonyl (C=O) groups is 4. The Hall–Kier alpha value is -16.6. The molecular weight excluding hydrogens is 1550 g/mol. The van der Waals surface area contributed by atoms with E-state index < -0.39 is 0 Å². The Balaban J connectivity index is 0.000000114. The van der Waals surface area contributed by atoms with Gasteiger partial charge in [0, 0.05) is 22.3 Å². The monoisotopic (exact) mass is 1630 g/mol. The van der Waals surface area contributed by atoms with E-state index in [1.165, 1.54) is 10.8 Å². The number of carbonyl (C=O) groups excluding carboxylic acids is 4. The number of ketones is 4. The number of benzene rings is 21. The van der Waals surface area contributed by atoms with E-state index in [9.17, 15) is 39.6 Å². The normalized spacial score (nSPS) is 11.1. The smallest absolute Gasteiger partial charge is 0.197 e. The number of fused-ring (bicyclic) bond motifs is 9. The van der Waals surface area contributed by atoms with Crippen molar-refractivity contribution in [2.45, 2.75) is 13.3 Å². The number of phenols is 4. The second kappa shape index (κ2) is 35.6. The number of methoxy groups -OCH3 is 1. The van der Waals surface area contributed by atoms with Gasteiger partial charge in [0.1, 0.15) is 34.5 Å². The van der Waals surface area contributed by atoms with E-state index in [1.54, 1.807) is 104 Å². The predicted molar refractivity (Wildman–Crippen MR) is 514 cm³/mol. The highest BCUT2D eigenvalue weighted by Crippen LogP contribution is 2.47. The maximum Gasteiger partial charge on any atom is 0.197 e. The van der Waals surface area contributed by atoms with Gasteiger partial charge in [0.15, 0.2) is 23.1 Å². The standard InChI is InChI=1S/C31H20O2.C30H24O3.C28H20O3.C27H18O2/c32-28-16-8-7-15-27(28)31(33)30-25-13-5-3-11-23(25)29(24-12-4-6-14-26(24)30)22-18-17-20-9-1-2-10-21(20)19-22;1-2-19-33-21-17-15-20(16-18-21)28-22-9-3-5-11-24(22)29(25-12-6-4-10-23(25)28)30(32)26-13-7-8-14-27(26)31;1-31-19-16-14-18(15-17-19)26-20-8-2-4-10-22(20)27(23-11-5-3-9-21(23)26)28(30)24-12-6-7-13-25(24)29;28-24-17-9-8-16-23(24)27(29)26-21-14-6-4-12-19(21)25(18-10-2-1-3-11-18)20-13-5-7-15-22(20)26/h1-19,32H;3-18,31H,2,19H2,1H3;2-17,29H,1H3;1-17,28H. The maximum absolute atomic E-state index is 13.8. The van der Waals surface area contributed by atoms with Gasteiger partial charge in [-0.15, -0.1) is 0 Å². The largest absolute Gasteiger partial charge is 0.507 e. The van der Waals surface area contributed by atoms with Gasteiger partial charge in [-0.05, 0) is 227 Å². The molecule has 0 amide bonds. The van der Waals surface area contributed by atoms with Crippen LogP contribution in [0.5, 0.6) is 34.5 Å². The Bertz CT molecular complexity index is 7580. The minimum absolute atomic E-state index is 0.00204. The van der Waals surface area contributed by atoms with Crippen molar-refractivity contribution in [2.24, 2.45) is 0 Å². The molecule has 21 aromatic carbocycles. The van der Waals surface area contributed by atoms with Crippen LogP contribution in [0.3, 0.4) is 0 Å². The van der Waals surface area contributed by atoms with Crippen molar-refractivity contribution < 1.29 is 49.1 Å². The predicted octanol–water partition coefficient (Wildman–Crippen LogP) is 28.3. The van der Waals surface area contributed by atoms with Gasteiger partial charge in [-0.1, -0.05) is 341 Å². The van der Waals surface area contributed by atoms with Gasteiger partial charge in [-0.2, -0.15) is 0 Å². The summed E-state index contributed by atoms with van der Waals surface area (Å²) in [6.07, 6.45) is 0.962. The first-order valence-electron chi connectivity index (χ1n) is 41.8. The highest BCUT2D eigenvalue weighted by Gasteiger charge is 2.28. The number of para-hydroxylation sites is 4. The summed E-state index contributed by atoms with van der Waals surface area (Å²) in [5, 5.41) is 58.8. The van der Waals surface area contributed by atoms with Crippen LogP contribution < -0.4 is 9.47 Å². The lowest BCUT2D eigenvalue weighted by Crippen LogP contribution is -2.05. The van der Waals surface area contributed by atoms with Crippen LogP contribution in [0.25, 0.3) is 141 Å². The number of hydrogen-bond acceptors (Lipinski definition) is 10. The molecule has 0 bridgehead atoms. The van der Waals surface area contributed by atoms with Crippen molar-refractivity contribution in [1.82, 2.24) is 0 Å². The first kappa shape index (κ1) is 80.5. The molecule has 0 aliphatic carbocycles. The Morgan fingerprint density at radius 2 is 0.444 bits per heavy atom. The second-order valence-corrected chi connectivity index (χ2v) is 30.8. The topological polar surface area (TPSA) is 168 Å². The third kappa shape index (κ3) is 15.4. The Morgan fingerprint density at radius 3 is 0.722 bits per heavy atom. The number of phenolic OH excluding ortho intramolecular Hbond substituents is 4. The van der Waals surface area contributed by atoms with Gasteiger partial charge in [0.25, 0.3) is 0 Å². The van der Waals surface area contributed by atoms with Gasteiger partial charge in [-0.3, -0.25) is 19.2 Å². The van der Waals surface area contributed by atoms with Crippen LogP contribution in [0.15, 0.2) is 413 Å². The van der Waals surface area contributed by atoms with Gasteiger partial charge in [-0.25, -0.2) is 0 Å². The van der Waals surface area contributed by atoms with Crippen LogP contribution in [-0.2, 0) is 0 Å². The molecule has 0 saturated heterocycles. The maximum atomic E-state index is 13.8. The van der Waals surface area contributed by atoms with E-state index in [-0.39, 0.29) is 46.1 Å². The molecule has 4 N–H and O–H groups in total. The summed E-state index contributed by atoms with van der Waals surface area (Å²) in [6, 6.07) is 132. The van der Waals surface area contributed by atoms with Gasteiger partial charge in [0.05, 0.1) is 36.0 Å². The van der Waals surface area contributed by atoms with E-state index in [2.05, 4.69) is 104 Å². The Kier molecular flexibility index (Phi) is 22.8. The summed E-state index contributed by atoms with van der Waals surface area (Å²) in [5.74, 6) is 0.890. The fourth-order valence-corrected chi connectivity index (χ4v) is 17.6. The van der Waals surface area contributed by atoms with Gasteiger partial charge >= 0.3 is 0 Å². The van der Waals surface area contributed by atoms with Crippen molar-refractivity contribution in [3.05, 3.63) is 457 Å². The summed E-state index contributed by atoms with van der Waals surface area (Å²) in [7, 11) is 1.65. The number of hydrogen-bond donors (Lipinski definition) is 4. The van der Waals surface area contributed by atoms with Crippen LogP contribution >= 0.6 is 0 Å². The Morgan fingerprint density at radius 1 is 0.222 bits per heavy atom. The van der Waals surface area contributed by atoms with Crippen molar-refractivity contribution in [1.29, 1.82) is 0 Å². The third-order valence-electron chi connectivity index (χ3n) is 23.3. The first-order chi connectivity index (χ1) is 61.8. The molecule has 21 aromatic rings. The fraction of sp³-hybridized carbons (Fsp3) is 0.0345. The summed E-state index contributed by atoms with van der Waals surface area (Å²) in [5.41, 5.74) is 12.4. The summed E-state index contributed by atoms with van der Waals surface area (Å²) in [6.45, 7) is 2.78. The van der Waals surface area contributed by atoms with Gasteiger partial charge in [0.2, 0.25) is 0 Å². The zero-order chi connectivity index (χ0) is 86.3. The van der Waals surface area contributed by atoms with Crippen molar-refractivity contribution in [3.8, 4) is 79.0 Å². The van der Waals surface area contributed by atoms with Crippen molar-refractivity contribution in [3.63, 3.8) is 0 Å². The molecule has 0 unspecified atom stereocenters. The summed E-state index contributed by atoms with van der Waals surface area (Å²) in [4.78, 5) is 54.7. The molecule has 0 aliphatic rings. The van der Waals surface area contributed by atoms with E-state index in [0.29, 0.717) is 51.1 Å². The molecule has 126 heavy (non-hydrogen) atoms. The second-order valence-electron chi connectivity index (χ2n) is 30.8. The molecule has 0 atom stereocenters.